The Morgan fingerprint density at radius 1 is 1.19 bits per heavy atom. The fourth-order valence-electron chi connectivity index (χ4n) is 1.99. The number of alkyl halides is 3. The summed E-state index contributed by atoms with van der Waals surface area (Å²) in [7, 11) is 1.70. The number of rotatable bonds is 8. The summed E-state index contributed by atoms with van der Waals surface area (Å²) in [5, 5.41) is 6.08. The summed E-state index contributed by atoms with van der Waals surface area (Å²) in [5.41, 5.74) is 0.536. The van der Waals surface area contributed by atoms with Crippen molar-refractivity contribution in [1.29, 1.82) is 0 Å². The Bertz CT molecular complexity index is 453. The SMILES string of the molecule is CCCCCCN/C=C(\NC)c1cccc(C(F)(F)F)c1. The molecular formula is C16H23F3N2. The van der Waals surface area contributed by atoms with Gasteiger partial charge in [-0.05, 0) is 24.1 Å². The highest BCUT2D eigenvalue weighted by molar-refractivity contribution is 5.64. The van der Waals surface area contributed by atoms with Crippen LogP contribution in [0.25, 0.3) is 5.70 Å². The average Bonchev–Trinajstić information content (AvgIpc) is 2.46. The van der Waals surface area contributed by atoms with Gasteiger partial charge in [0.05, 0.1) is 11.3 Å². The van der Waals surface area contributed by atoms with E-state index in [9.17, 15) is 13.2 Å². The fraction of sp³-hybridized carbons (Fsp3) is 0.500. The second kappa shape index (κ2) is 8.60. The lowest BCUT2D eigenvalue weighted by Crippen LogP contribution is -2.14. The van der Waals surface area contributed by atoms with E-state index in [2.05, 4.69) is 17.6 Å². The standard InChI is InChI=1S/C16H23F3N2/c1-3-4-5-6-10-21-12-15(20-2)13-8-7-9-14(11-13)16(17,18)19/h7-9,11-12,20-21H,3-6,10H2,1-2H3/b15-12-. The van der Waals surface area contributed by atoms with E-state index in [4.69, 9.17) is 0 Å². The number of halogens is 3. The molecule has 0 atom stereocenters. The first kappa shape index (κ1) is 17.4. The van der Waals surface area contributed by atoms with E-state index in [0.29, 0.717) is 11.3 Å². The molecule has 0 saturated carbocycles. The molecule has 2 N–H and O–H groups in total. The van der Waals surface area contributed by atoms with Crippen molar-refractivity contribution in [3.05, 3.63) is 41.6 Å². The van der Waals surface area contributed by atoms with Crippen LogP contribution in [0.15, 0.2) is 30.5 Å². The van der Waals surface area contributed by atoms with Gasteiger partial charge in [0.2, 0.25) is 0 Å². The molecule has 1 aromatic carbocycles. The van der Waals surface area contributed by atoms with E-state index in [1.807, 2.05) is 0 Å². The molecule has 0 heterocycles. The third kappa shape index (κ3) is 6.10. The van der Waals surface area contributed by atoms with Gasteiger partial charge < -0.3 is 10.6 Å². The minimum absolute atomic E-state index is 0.522. The van der Waals surface area contributed by atoms with E-state index in [0.717, 1.165) is 31.5 Å². The lowest BCUT2D eigenvalue weighted by atomic mass is 10.1. The summed E-state index contributed by atoms with van der Waals surface area (Å²) >= 11 is 0. The maximum absolute atomic E-state index is 12.7. The van der Waals surface area contributed by atoms with E-state index in [1.165, 1.54) is 18.9 Å². The fourth-order valence-corrected chi connectivity index (χ4v) is 1.99. The smallest absolute Gasteiger partial charge is 0.389 e. The molecule has 118 valence electrons. The minimum Gasteiger partial charge on any atom is -0.389 e. The van der Waals surface area contributed by atoms with Gasteiger partial charge in [-0.25, -0.2) is 0 Å². The van der Waals surface area contributed by atoms with Crippen LogP contribution in [0, 0.1) is 0 Å². The molecule has 0 fully saturated rings. The molecular weight excluding hydrogens is 277 g/mol. The van der Waals surface area contributed by atoms with Crippen molar-refractivity contribution in [1.82, 2.24) is 10.6 Å². The number of benzene rings is 1. The molecule has 0 aliphatic rings. The van der Waals surface area contributed by atoms with Gasteiger partial charge in [-0.1, -0.05) is 38.3 Å². The molecule has 1 aromatic rings. The average molecular weight is 300 g/mol. The first-order valence-corrected chi connectivity index (χ1v) is 7.28. The zero-order valence-corrected chi connectivity index (χ0v) is 12.6. The van der Waals surface area contributed by atoms with Gasteiger partial charge in [-0.2, -0.15) is 13.2 Å². The van der Waals surface area contributed by atoms with Crippen LogP contribution in [-0.2, 0) is 6.18 Å². The molecule has 0 amide bonds. The second-order valence-corrected chi connectivity index (χ2v) is 4.90. The normalized spacial score (nSPS) is 12.3. The Morgan fingerprint density at radius 2 is 1.95 bits per heavy atom. The van der Waals surface area contributed by atoms with Gasteiger partial charge >= 0.3 is 6.18 Å². The maximum Gasteiger partial charge on any atom is 0.416 e. The third-order valence-electron chi connectivity index (χ3n) is 3.19. The Kier molecular flexibility index (Phi) is 7.12. The van der Waals surface area contributed by atoms with Crippen molar-refractivity contribution >= 4 is 5.70 Å². The zero-order valence-electron chi connectivity index (χ0n) is 12.6. The molecule has 0 unspecified atom stereocenters. The molecule has 0 spiro atoms. The topological polar surface area (TPSA) is 24.1 Å². The number of hydrogen-bond donors (Lipinski definition) is 2. The summed E-state index contributed by atoms with van der Waals surface area (Å²) < 4.78 is 38.1. The van der Waals surface area contributed by atoms with Gasteiger partial charge in [0.25, 0.3) is 0 Å². The largest absolute Gasteiger partial charge is 0.416 e. The summed E-state index contributed by atoms with van der Waals surface area (Å²) in [6.07, 6.45) is 2.03. The van der Waals surface area contributed by atoms with E-state index >= 15 is 0 Å². The lowest BCUT2D eigenvalue weighted by molar-refractivity contribution is -0.137. The molecule has 0 aliphatic heterocycles. The van der Waals surface area contributed by atoms with E-state index < -0.39 is 11.7 Å². The van der Waals surface area contributed by atoms with Crippen LogP contribution in [0.3, 0.4) is 0 Å². The van der Waals surface area contributed by atoms with Crippen LogP contribution in [0.4, 0.5) is 13.2 Å². The van der Waals surface area contributed by atoms with E-state index in [1.54, 1.807) is 19.3 Å². The molecule has 0 aliphatic carbocycles. The van der Waals surface area contributed by atoms with Crippen molar-refractivity contribution in [2.45, 2.75) is 38.8 Å². The predicted molar refractivity (Wildman–Crippen MR) is 80.6 cm³/mol. The van der Waals surface area contributed by atoms with Crippen LogP contribution in [0.1, 0.15) is 43.7 Å². The molecule has 2 nitrogen and oxygen atoms in total. The van der Waals surface area contributed by atoms with Crippen molar-refractivity contribution in [2.24, 2.45) is 0 Å². The highest BCUT2D eigenvalue weighted by atomic mass is 19.4. The van der Waals surface area contributed by atoms with Gasteiger partial charge in [0.15, 0.2) is 0 Å². The zero-order chi connectivity index (χ0) is 15.7. The van der Waals surface area contributed by atoms with E-state index in [-0.39, 0.29) is 0 Å². The van der Waals surface area contributed by atoms with Gasteiger partial charge in [0, 0.05) is 19.8 Å². The first-order chi connectivity index (χ1) is 9.99. The van der Waals surface area contributed by atoms with Crippen molar-refractivity contribution < 1.29 is 13.2 Å². The summed E-state index contributed by atoms with van der Waals surface area (Å²) in [6, 6.07) is 5.32. The Balaban J connectivity index is 2.67. The van der Waals surface area contributed by atoms with Crippen molar-refractivity contribution in [3.8, 4) is 0 Å². The Labute approximate surface area is 124 Å². The van der Waals surface area contributed by atoms with Gasteiger partial charge in [-0.15, -0.1) is 0 Å². The minimum atomic E-state index is -4.32. The highest BCUT2D eigenvalue weighted by Crippen LogP contribution is 2.30. The predicted octanol–water partition coefficient (Wildman–Crippen LogP) is 4.39. The summed E-state index contributed by atoms with van der Waals surface area (Å²) in [6.45, 7) is 2.98. The Morgan fingerprint density at radius 3 is 2.57 bits per heavy atom. The molecule has 5 heteroatoms. The quantitative estimate of drug-likeness (QED) is 0.696. The molecule has 0 bridgehead atoms. The van der Waals surface area contributed by atoms with Gasteiger partial charge in [0.1, 0.15) is 0 Å². The molecule has 1 rings (SSSR count). The van der Waals surface area contributed by atoms with Crippen LogP contribution in [0.5, 0.6) is 0 Å². The third-order valence-corrected chi connectivity index (χ3v) is 3.19. The summed E-state index contributed by atoms with van der Waals surface area (Å²) in [4.78, 5) is 0. The molecule has 0 radical (unpaired) electrons. The maximum atomic E-state index is 12.7. The molecule has 0 saturated heterocycles. The summed E-state index contributed by atoms with van der Waals surface area (Å²) in [5.74, 6) is 0. The van der Waals surface area contributed by atoms with Gasteiger partial charge in [-0.3, -0.25) is 0 Å². The first-order valence-electron chi connectivity index (χ1n) is 7.28. The lowest BCUT2D eigenvalue weighted by Gasteiger charge is -2.12. The monoisotopic (exact) mass is 300 g/mol. The molecule has 21 heavy (non-hydrogen) atoms. The Hall–Kier alpha value is -1.65. The van der Waals surface area contributed by atoms with Crippen molar-refractivity contribution in [3.63, 3.8) is 0 Å². The number of unbranched alkanes of at least 4 members (excludes halogenated alkanes) is 3. The van der Waals surface area contributed by atoms with Crippen LogP contribution in [-0.4, -0.2) is 13.6 Å². The van der Waals surface area contributed by atoms with Crippen LogP contribution < -0.4 is 10.6 Å². The highest BCUT2D eigenvalue weighted by Gasteiger charge is 2.30. The van der Waals surface area contributed by atoms with Crippen LogP contribution in [0.2, 0.25) is 0 Å². The number of hydrogen-bond acceptors (Lipinski definition) is 2. The second-order valence-electron chi connectivity index (χ2n) is 4.90. The number of nitrogens with one attached hydrogen (secondary N) is 2. The molecule has 0 aromatic heterocycles. The van der Waals surface area contributed by atoms with Crippen molar-refractivity contribution in [2.75, 3.05) is 13.6 Å². The van der Waals surface area contributed by atoms with Crippen LogP contribution >= 0.6 is 0 Å².